The van der Waals surface area contributed by atoms with E-state index >= 15 is 0 Å². The Morgan fingerprint density at radius 2 is 1.89 bits per heavy atom. The summed E-state index contributed by atoms with van der Waals surface area (Å²) in [5, 5.41) is 0. The highest BCUT2D eigenvalue weighted by Gasteiger charge is 2.27. The molecule has 0 radical (unpaired) electrons. The third-order valence-corrected chi connectivity index (χ3v) is 5.07. The second kappa shape index (κ2) is 6.27. The molecule has 27 heavy (non-hydrogen) atoms. The molecule has 4 nitrogen and oxygen atoms in total. The number of fused-ring (bicyclic) bond motifs is 4. The molecule has 1 atom stereocenters. The van der Waals surface area contributed by atoms with Crippen molar-refractivity contribution >= 4 is 5.71 Å². The Hall–Kier alpha value is -3.08. The normalized spacial score (nSPS) is 17.6. The lowest BCUT2D eigenvalue weighted by Crippen LogP contribution is -2.16. The molecule has 0 amide bonds. The van der Waals surface area contributed by atoms with Gasteiger partial charge in [-0.25, -0.2) is 4.39 Å². The van der Waals surface area contributed by atoms with Gasteiger partial charge in [0.1, 0.15) is 19.0 Å². The smallest absolute Gasteiger partial charge is 0.163 e. The van der Waals surface area contributed by atoms with Gasteiger partial charge in [-0.2, -0.15) is 0 Å². The first-order chi connectivity index (χ1) is 13.2. The van der Waals surface area contributed by atoms with Crippen LogP contribution >= 0.6 is 0 Å². The summed E-state index contributed by atoms with van der Waals surface area (Å²) in [6.45, 7) is 3.21. The molecule has 2 aliphatic heterocycles. The van der Waals surface area contributed by atoms with Gasteiger partial charge in [-0.05, 0) is 36.8 Å². The maximum absolute atomic E-state index is 13.9. The quantitative estimate of drug-likeness (QED) is 0.663. The van der Waals surface area contributed by atoms with Crippen LogP contribution in [0.2, 0.25) is 0 Å². The predicted octanol–water partition coefficient (Wildman–Crippen LogP) is 4.69. The summed E-state index contributed by atoms with van der Waals surface area (Å²) in [7, 11) is 0. The van der Waals surface area contributed by atoms with E-state index in [1.807, 2.05) is 36.5 Å². The van der Waals surface area contributed by atoms with E-state index in [1.54, 1.807) is 6.07 Å². The highest BCUT2D eigenvalue weighted by Crippen LogP contribution is 2.41. The van der Waals surface area contributed by atoms with E-state index < -0.39 is 0 Å². The predicted molar refractivity (Wildman–Crippen MR) is 102 cm³/mol. The van der Waals surface area contributed by atoms with Crippen LogP contribution in [-0.4, -0.2) is 23.5 Å². The average Bonchev–Trinajstić information content (AvgIpc) is 3.13. The number of aliphatic imine (C=N–C) groups is 1. The zero-order chi connectivity index (χ0) is 18.4. The van der Waals surface area contributed by atoms with E-state index in [2.05, 4.69) is 11.5 Å². The van der Waals surface area contributed by atoms with Crippen LogP contribution in [0.15, 0.2) is 59.7 Å². The number of rotatable bonds is 2. The van der Waals surface area contributed by atoms with Crippen molar-refractivity contribution in [2.24, 2.45) is 4.99 Å². The molecule has 0 saturated heterocycles. The number of ether oxygens (including phenoxy) is 2. The first-order valence-electron chi connectivity index (χ1n) is 9.20. The van der Waals surface area contributed by atoms with Crippen molar-refractivity contribution in [2.45, 2.75) is 19.4 Å². The van der Waals surface area contributed by atoms with Gasteiger partial charge in [-0.1, -0.05) is 19.1 Å². The summed E-state index contributed by atoms with van der Waals surface area (Å²) in [4.78, 5) is 5.04. The van der Waals surface area contributed by atoms with Crippen LogP contribution in [0.4, 0.5) is 4.39 Å². The molecule has 0 N–H and O–H groups in total. The second-order valence-electron chi connectivity index (χ2n) is 6.73. The summed E-state index contributed by atoms with van der Waals surface area (Å²) < 4.78 is 27.6. The topological polar surface area (TPSA) is 35.8 Å². The zero-order valence-electron chi connectivity index (χ0n) is 15.0. The van der Waals surface area contributed by atoms with E-state index in [9.17, 15) is 4.39 Å². The van der Waals surface area contributed by atoms with Gasteiger partial charge in [0.15, 0.2) is 11.5 Å². The van der Waals surface area contributed by atoms with Crippen LogP contribution in [0.1, 0.15) is 36.2 Å². The van der Waals surface area contributed by atoms with E-state index in [4.69, 9.17) is 14.5 Å². The third kappa shape index (κ3) is 2.62. The lowest BCUT2D eigenvalue weighted by molar-refractivity contribution is 0.171. The van der Waals surface area contributed by atoms with Gasteiger partial charge < -0.3 is 14.0 Å². The van der Waals surface area contributed by atoms with Crippen LogP contribution in [0.5, 0.6) is 11.5 Å². The molecular weight excluding hydrogens is 343 g/mol. The minimum atomic E-state index is -0.264. The fraction of sp³-hybridized carbons (Fsp3) is 0.227. The van der Waals surface area contributed by atoms with E-state index in [0.29, 0.717) is 13.2 Å². The Labute approximate surface area is 156 Å². The van der Waals surface area contributed by atoms with Crippen molar-refractivity contribution in [3.8, 4) is 17.2 Å². The third-order valence-electron chi connectivity index (χ3n) is 5.07. The Kier molecular flexibility index (Phi) is 3.74. The van der Waals surface area contributed by atoms with Crippen LogP contribution in [0, 0.1) is 5.82 Å². The standard InChI is InChI=1S/C22H19FN2O2/c1-2-17-16-12-20-21(27-10-9-26-20)13-19(16)25-8-4-7-18(25)22(24-17)14-5-3-6-15(23)11-14/h3-8,11-13,17H,2,9-10H2,1H3/t17-/m0/s1. The van der Waals surface area contributed by atoms with Gasteiger partial charge in [0, 0.05) is 23.4 Å². The van der Waals surface area contributed by atoms with Crippen molar-refractivity contribution < 1.29 is 13.9 Å². The molecule has 3 aromatic rings. The number of halogens is 1. The summed E-state index contributed by atoms with van der Waals surface area (Å²) >= 11 is 0. The lowest BCUT2D eigenvalue weighted by Gasteiger charge is -2.22. The van der Waals surface area contributed by atoms with Gasteiger partial charge in [0.05, 0.1) is 23.1 Å². The first-order valence-corrected chi connectivity index (χ1v) is 9.20. The summed E-state index contributed by atoms with van der Waals surface area (Å²) in [6, 6.07) is 14.6. The van der Waals surface area contributed by atoms with Crippen molar-refractivity contribution in [1.82, 2.24) is 4.57 Å². The molecule has 0 unspecified atom stereocenters. The van der Waals surface area contributed by atoms with E-state index in [1.165, 1.54) is 12.1 Å². The van der Waals surface area contributed by atoms with Crippen molar-refractivity contribution in [3.05, 3.63) is 77.4 Å². The molecule has 2 aliphatic rings. The van der Waals surface area contributed by atoms with Crippen molar-refractivity contribution in [3.63, 3.8) is 0 Å². The maximum Gasteiger partial charge on any atom is 0.163 e. The molecule has 0 bridgehead atoms. The minimum Gasteiger partial charge on any atom is -0.486 e. The van der Waals surface area contributed by atoms with Crippen LogP contribution in [0.25, 0.3) is 5.69 Å². The Morgan fingerprint density at radius 1 is 1.07 bits per heavy atom. The van der Waals surface area contributed by atoms with E-state index in [0.717, 1.165) is 46.1 Å². The monoisotopic (exact) mass is 362 g/mol. The van der Waals surface area contributed by atoms with E-state index in [-0.39, 0.29) is 11.9 Å². The summed E-state index contributed by atoms with van der Waals surface area (Å²) in [5.74, 6) is 1.25. The lowest BCUT2D eigenvalue weighted by atomic mass is 10.0. The number of aromatic nitrogens is 1. The number of hydrogen-bond donors (Lipinski definition) is 0. The minimum absolute atomic E-state index is 0.0472. The highest BCUT2D eigenvalue weighted by molar-refractivity contribution is 6.12. The molecule has 1 aromatic heterocycles. The van der Waals surface area contributed by atoms with Gasteiger partial charge in [-0.15, -0.1) is 0 Å². The average molecular weight is 362 g/mol. The summed E-state index contributed by atoms with van der Waals surface area (Å²) in [5.41, 5.74) is 4.63. The van der Waals surface area contributed by atoms with Gasteiger partial charge in [0.25, 0.3) is 0 Å². The highest BCUT2D eigenvalue weighted by atomic mass is 19.1. The molecule has 0 saturated carbocycles. The largest absolute Gasteiger partial charge is 0.486 e. The van der Waals surface area contributed by atoms with Gasteiger partial charge in [0.2, 0.25) is 0 Å². The first kappa shape index (κ1) is 16.1. The number of benzene rings is 2. The SMILES string of the molecule is CC[C@@H]1N=C(c2cccc(F)c2)c2cccn2-c2cc3c(cc21)OCCO3. The number of nitrogens with zero attached hydrogens (tertiary/aromatic N) is 2. The molecule has 5 heteroatoms. The maximum atomic E-state index is 13.9. The van der Waals surface area contributed by atoms with Crippen LogP contribution in [-0.2, 0) is 0 Å². The van der Waals surface area contributed by atoms with Crippen LogP contribution < -0.4 is 9.47 Å². The zero-order valence-corrected chi connectivity index (χ0v) is 15.0. The molecule has 0 spiro atoms. The number of hydrogen-bond acceptors (Lipinski definition) is 3. The van der Waals surface area contributed by atoms with Gasteiger partial charge in [-0.3, -0.25) is 4.99 Å². The molecule has 3 heterocycles. The summed E-state index contributed by atoms with van der Waals surface area (Å²) in [6.07, 6.45) is 2.84. The fourth-order valence-corrected chi connectivity index (χ4v) is 3.81. The molecule has 2 aromatic carbocycles. The van der Waals surface area contributed by atoms with Crippen molar-refractivity contribution in [2.75, 3.05) is 13.2 Å². The second-order valence-corrected chi connectivity index (χ2v) is 6.73. The molecular formula is C22H19FN2O2. The molecule has 0 fully saturated rings. The molecule has 136 valence electrons. The Bertz CT molecular complexity index is 1050. The van der Waals surface area contributed by atoms with Gasteiger partial charge >= 0.3 is 0 Å². The Balaban J connectivity index is 1.76. The Morgan fingerprint density at radius 3 is 2.67 bits per heavy atom. The van der Waals surface area contributed by atoms with Crippen molar-refractivity contribution in [1.29, 1.82) is 0 Å². The molecule has 5 rings (SSSR count). The fourth-order valence-electron chi connectivity index (χ4n) is 3.81. The molecule has 0 aliphatic carbocycles. The van der Waals surface area contributed by atoms with Crippen LogP contribution in [0.3, 0.4) is 0 Å².